The second kappa shape index (κ2) is 8.51. The minimum atomic E-state index is -4.67. The number of alkyl halides is 3. The number of nitrogens with one attached hydrogen (secondary N) is 1. The Morgan fingerprint density at radius 2 is 1.90 bits per heavy atom. The Kier molecular flexibility index (Phi) is 6.21. The van der Waals surface area contributed by atoms with E-state index in [-0.39, 0.29) is 24.0 Å². The number of nitrogens with zero attached hydrogens (tertiary/aromatic N) is 2. The van der Waals surface area contributed by atoms with Crippen molar-refractivity contribution in [2.45, 2.75) is 32.5 Å². The molecule has 160 valence electrons. The first-order valence-corrected chi connectivity index (χ1v) is 9.26. The molecule has 0 aliphatic heterocycles. The fourth-order valence-electron chi connectivity index (χ4n) is 2.64. The molecule has 0 radical (unpaired) electrons. The Morgan fingerprint density at radius 1 is 1.17 bits per heavy atom. The largest absolute Gasteiger partial charge is 0.493 e. The van der Waals surface area contributed by atoms with Crippen molar-refractivity contribution in [3.05, 3.63) is 58.5 Å². The lowest BCUT2D eigenvalue weighted by Gasteiger charge is -2.13. The number of aromatic amines is 1. The van der Waals surface area contributed by atoms with E-state index < -0.39 is 17.6 Å². The lowest BCUT2D eigenvalue weighted by Crippen LogP contribution is -2.09. The first kappa shape index (κ1) is 21.9. The van der Waals surface area contributed by atoms with E-state index in [4.69, 9.17) is 21.1 Å². The van der Waals surface area contributed by atoms with Crippen LogP contribution in [0.4, 0.5) is 17.6 Å². The van der Waals surface area contributed by atoms with E-state index in [2.05, 4.69) is 15.0 Å². The number of benzene rings is 1. The minimum Gasteiger partial charge on any atom is -0.493 e. The van der Waals surface area contributed by atoms with E-state index in [9.17, 15) is 17.6 Å². The van der Waals surface area contributed by atoms with Gasteiger partial charge in [0.2, 0.25) is 0 Å². The molecule has 0 saturated heterocycles. The van der Waals surface area contributed by atoms with Crippen molar-refractivity contribution in [2.75, 3.05) is 7.11 Å². The molecule has 3 aromatic rings. The fourth-order valence-corrected chi connectivity index (χ4v) is 2.89. The highest BCUT2D eigenvalue weighted by Crippen LogP contribution is 2.36. The highest BCUT2D eigenvalue weighted by Gasteiger charge is 2.32. The molecular formula is C20H18ClF4N3O2. The quantitative estimate of drug-likeness (QED) is 0.475. The number of aromatic nitrogens is 3. The predicted octanol–water partition coefficient (Wildman–Crippen LogP) is 5.99. The van der Waals surface area contributed by atoms with Crippen molar-refractivity contribution in [3.8, 4) is 22.8 Å². The third-order valence-electron chi connectivity index (χ3n) is 4.27. The summed E-state index contributed by atoms with van der Waals surface area (Å²) < 4.78 is 62.7. The third-order valence-corrected chi connectivity index (χ3v) is 4.54. The third kappa shape index (κ3) is 4.67. The van der Waals surface area contributed by atoms with Crippen LogP contribution < -0.4 is 9.47 Å². The molecule has 0 unspecified atom stereocenters. The summed E-state index contributed by atoms with van der Waals surface area (Å²) >= 11 is 6.24. The molecule has 2 heterocycles. The molecule has 1 aromatic carbocycles. The SMILES string of the molecule is COc1cc(-c2nc(C(C)C)[nH]c2Cl)ccc1OCc1ncc(C(F)(F)F)cc1F. The normalized spacial score (nSPS) is 11.8. The number of methoxy groups -OCH3 is 1. The first-order chi connectivity index (χ1) is 14.1. The van der Waals surface area contributed by atoms with Crippen LogP contribution in [-0.2, 0) is 12.8 Å². The molecule has 0 amide bonds. The lowest BCUT2D eigenvalue weighted by molar-refractivity contribution is -0.138. The van der Waals surface area contributed by atoms with Gasteiger partial charge in [-0.2, -0.15) is 13.2 Å². The van der Waals surface area contributed by atoms with Gasteiger partial charge in [0.25, 0.3) is 0 Å². The van der Waals surface area contributed by atoms with Gasteiger partial charge in [-0.05, 0) is 24.3 Å². The molecular weight excluding hydrogens is 426 g/mol. The molecule has 0 bridgehead atoms. The highest BCUT2D eigenvalue weighted by molar-refractivity contribution is 6.31. The van der Waals surface area contributed by atoms with Crippen molar-refractivity contribution < 1.29 is 27.0 Å². The van der Waals surface area contributed by atoms with Gasteiger partial charge in [-0.3, -0.25) is 4.98 Å². The topological polar surface area (TPSA) is 60.0 Å². The summed E-state index contributed by atoms with van der Waals surface area (Å²) in [5, 5.41) is 0.380. The Labute approximate surface area is 175 Å². The van der Waals surface area contributed by atoms with Crippen molar-refractivity contribution in [2.24, 2.45) is 0 Å². The number of pyridine rings is 1. The average Bonchev–Trinajstić information content (AvgIpc) is 3.08. The zero-order chi connectivity index (χ0) is 22.1. The van der Waals surface area contributed by atoms with Gasteiger partial charge in [0.05, 0.1) is 12.7 Å². The van der Waals surface area contributed by atoms with Crippen LogP contribution in [0.15, 0.2) is 30.5 Å². The molecule has 0 spiro atoms. The number of ether oxygens (including phenoxy) is 2. The van der Waals surface area contributed by atoms with E-state index in [0.29, 0.717) is 34.4 Å². The first-order valence-electron chi connectivity index (χ1n) is 8.88. The lowest BCUT2D eigenvalue weighted by atomic mass is 10.1. The second-order valence-corrected chi connectivity index (χ2v) is 7.12. The van der Waals surface area contributed by atoms with Crippen LogP contribution in [0, 0.1) is 5.82 Å². The van der Waals surface area contributed by atoms with Gasteiger partial charge in [0, 0.05) is 17.7 Å². The monoisotopic (exact) mass is 443 g/mol. The van der Waals surface area contributed by atoms with Crippen LogP contribution in [-0.4, -0.2) is 22.1 Å². The van der Waals surface area contributed by atoms with Crippen LogP contribution in [0.25, 0.3) is 11.3 Å². The molecule has 30 heavy (non-hydrogen) atoms. The Hall–Kier alpha value is -2.81. The van der Waals surface area contributed by atoms with Gasteiger partial charge in [0.15, 0.2) is 11.5 Å². The smallest absolute Gasteiger partial charge is 0.417 e. The summed E-state index contributed by atoms with van der Waals surface area (Å²) in [6, 6.07) is 5.31. The van der Waals surface area contributed by atoms with Gasteiger partial charge in [-0.25, -0.2) is 9.37 Å². The molecule has 10 heteroatoms. The number of rotatable bonds is 6. The average molecular weight is 444 g/mol. The number of halogens is 5. The maximum atomic E-state index is 14.0. The zero-order valence-corrected chi connectivity index (χ0v) is 17.0. The molecule has 0 saturated carbocycles. The van der Waals surface area contributed by atoms with E-state index in [1.165, 1.54) is 7.11 Å². The van der Waals surface area contributed by atoms with Crippen LogP contribution in [0.5, 0.6) is 11.5 Å². The summed E-state index contributed by atoms with van der Waals surface area (Å²) in [6.45, 7) is 3.58. The fraction of sp³-hybridized carbons (Fsp3) is 0.300. The number of imidazole rings is 1. The number of hydrogen-bond acceptors (Lipinski definition) is 4. The summed E-state index contributed by atoms with van der Waals surface area (Å²) in [6.07, 6.45) is -4.11. The summed E-state index contributed by atoms with van der Waals surface area (Å²) in [7, 11) is 1.43. The molecule has 3 rings (SSSR count). The van der Waals surface area contributed by atoms with Gasteiger partial charge in [-0.1, -0.05) is 25.4 Å². The maximum Gasteiger partial charge on any atom is 0.417 e. The maximum absolute atomic E-state index is 14.0. The van der Waals surface area contributed by atoms with Crippen LogP contribution in [0.1, 0.15) is 36.8 Å². The van der Waals surface area contributed by atoms with Crippen molar-refractivity contribution >= 4 is 11.6 Å². The molecule has 5 nitrogen and oxygen atoms in total. The Morgan fingerprint density at radius 3 is 2.47 bits per heavy atom. The molecule has 0 aliphatic carbocycles. The van der Waals surface area contributed by atoms with Gasteiger partial charge >= 0.3 is 6.18 Å². The standard InChI is InChI=1S/C20H18ClF4N3O2/c1-10(2)19-27-17(18(21)28-19)11-4-5-15(16(6-11)29-3)30-9-14-13(22)7-12(8-26-14)20(23,24)25/h4-8,10H,9H2,1-3H3,(H,27,28). The molecule has 1 N–H and O–H groups in total. The van der Waals surface area contributed by atoms with E-state index in [0.717, 1.165) is 5.82 Å². The van der Waals surface area contributed by atoms with E-state index in [1.54, 1.807) is 18.2 Å². The van der Waals surface area contributed by atoms with Crippen molar-refractivity contribution in [1.82, 2.24) is 15.0 Å². The van der Waals surface area contributed by atoms with Crippen LogP contribution in [0.2, 0.25) is 5.15 Å². The minimum absolute atomic E-state index is 0.159. The van der Waals surface area contributed by atoms with Gasteiger partial charge in [-0.15, -0.1) is 0 Å². The van der Waals surface area contributed by atoms with Crippen molar-refractivity contribution in [3.63, 3.8) is 0 Å². The molecule has 0 aliphatic rings. The van der Waals surface area contributed by atoms with Gasteiger partial charge in [0.1, 0.15) is 34.8 Å². The summed E-state index contributed by atoms with van der Waals surface area (Å²) in [4.78, 5) is 11.0. The van der Waals surface area contributed by atoms with Crippen LogP contribution in [0.3, 0.4) is 0 Å². The van der Waals surface area contributed by atoms with Crippen LogP contribution >= 0.6 is 11.6 Å². The van der Waals surface area contributed by atoms with E-state index in [1.807, 2.05) is 13.8 Å². The molecule has 2 aromatic heterocycles. The number of hydrogen-bond donors (Lipinski definition) is 1. The Balaban J connectivity index is 1.81. The summed E-state index contributed by atoms with van der Waals surface area (Å²) in [5.74, 6) is 0.373. The second-order valence-electron chi connectivity index (χ2n) is 6.74. The molecule has 0 fully saturated rings. The summed E-state index contributed by atoms with van der Waals surface area (Å²) in [5.41, 5.74) is -0.208. The highest BCUT2D eigenvalue weighted by atomic mass is 35.5. The Bertz CT molecular complexity index is 1050. The molecule has 0 atom stereocenters. The van der Waals surface area contributed by atoms with E-state index >= 15 is 0 Å². The van der Waals surface area contributed by atoms with Crippen molar-refractivity contribution in [1.29, 1.82) is 0 Å². The predicted molar refractivity (Wildman–Crippen MR) is 103 cm³/mol. The zero-order valence-electron chi connectivity index (χ0n) is 16.3. The van der Waals surface area contributed by atoms with Gasteiger partial charge < -0.3 is 14.5 Å². The number of H-pyrrole nitrogens is 1.